The first-order valence-corrected chi connectivity index (χ1v) is 6.38. The van der Waals surface area contributed by atoms with Crippen molar-refractivity contribution in [3.8, 4) is 5.69 Å². The van der Waals surface area contributed by atoms with Crippen LogP contribution in [0.15, 0.2) is 60.8 Å². The predicted octanol–water partition coefficient (Wildman–Crippen LogP) is 3.23. The van der Waals surface area contributed by atoms with Gasteiger partial charge in [-0.05, 0) is 35.9 Å². The highest BCUT2D eigenvalue weighted by Gasteiger charge is 2.16. The van der Waals surface area contributed by atoms with Gasteiger partial charge in [0.05, 0.1) is 11.4 Å². The topological polar surface area (TPSA) is 38.0 Å². The summed E-state index contributed by atoms with van der Waals surface area (Å²) >= 11 is 0. The summed E-state index contributed by atoms with van der Waals surface area (Å²) in [4.78, 5) is 0. The number of hydrogen-bond acceptors (Lipinski definition) is 2. The van der Waals surface area contributed by atoms with Gasteiger partial charge in [0, 0.05) is 12.3 Å². The maximum absolute atomic E-state index is 13.2. The molecule has 0 saturated heterocycles. The molecule has 0 aliphatic carbocycles. The molecule has 3 aromatic rings. The van der Waals surface area contributed by atoms with E-state index in [4.69, 9.17) is 0 Å². The smallest absolute Gasteiger partial charge is 0.126 e. The van der Waals surface area contributed by atoms with Crippen molar-refractivity contribution in [1.82, 2.24) is 9.78 Å². The SMILES string of the molecule is OC(c1cc(F)cc(F)c1)c1ccn(-c2ccccc2)n1. The highest BCUT2D eigenvalue weighted by Crippen LogP contribution is 2.22. The molecule has 0 fully saturated rings. The second kappa shape index (κ2) is 5.46. The quantitative estimate of drug-likeness (QED) is 0.802. The molecule has 0 radical (unpaired) electrons. The number of rotatable bonds is 3. The Bertz CT molecular complexity index is 736. The van der Waals surface area contributed by atoms with E-state index in [1.165, 1.54) is 0 Å². The van der Waals surface area contributed by atoms with Crippen molar-refractivity contribution in [3.05, 3.63) is 83.7 Å². The molecule has 1 aromatic heterocycles. The van der Waals surface area contributed by atoms with Gasteiger partial charge in [-0.1, -0.05) is 18.2 Å². The minimum Gasteiger partial charge on any atom is -0.382 e. The highest BCUT2D eigenvalue weighted by molar-refractivity contribution is 5.32. The van der Waals surface area contributed by atoms with Gasteiger partial charge >= 0.3 is 0 Å². The van der Waals surface area contributed by atoms with Crippen LogP contribution in [-0.2, 0) is 0 Å². The van der Waals surface area contributed by atoms with Gasteiger partial charge in [-0.15, -0.1) is 0 Å². The minimum atomic E-state index is -1.18. The summed E-state index contributed by atoms with van der Waals surface area (Å²) in [5, 5.41) is 14.4. The van der Waals surface area contributed by atoms with E-state index in [1.807, 2.05) is 30.3 Å². The van der Waals surface area contributed by atoms with Crippen molar-refractivity contribution in [2.45, 2.75) is 6.10 Å². The van der Waals surface area contributed by atoms with E-state index in [1.54, 1.807) is 16.9 Å². The second-order valence-electron chi connectivity index (χ2n) is 4.63. The standard InChI is InChI=1S/C16H12F2N2O/c17-12-8-11(9-13(18)10-12)16(21)15-6-7-20(19-15)14-4-2-1-3-5-14/h1-10,16,21H. The van der Waals surface area contributed by atoms with E-state index < -0.39 is 17.7 Å². The average molecular weight is 286 g/mol. The van der Waals surface area contributed by atoms with Crippen molar-refractivity contribution in [3.63, 3.8) is 0 Å². The molecular formula is C16H12F2N2O. The molecule has 0 bridgehead atoms. The third kappa shape index (κ3) is 2.83. The molecular weight excluding hydrogens is 274 g/mol. The fraction of sp³-hybridized carbons (Fsp3) is 0.0625. The number of hydrogen-bond donors (Lipinski definition) is 1. The van der Waals surface area contributed by atoms with Crippen LogP contribution < -0.4 is 0 Å². The summed E-state index contributed by atoms with van der Waals surface area (Å²) in [6.45, 7) is 0. The zero-order valence-electron chi connectivity index (χ0n) is 10.9. The Labute approximate surface area is 120 Å². The van der Waals surface area contributed by atoms with Crippen molar-refractivity contribution in [2.75, 3.05) is 0 Å². The Kier molecular flexibility index (Phi) is 3.50. The predicted molar refractivity (Wildman–Crippen MR) is 74.0 cm³/mol. The van der Waals surface area contributed by atoms with Crippen LogP contribution in [0.2, 0.25) is 0 Å². The molecule has 0 amide bonds. The Morgan fingerprint density at radius 3 is 2.29 bits per heavy atom. The monoisotopic (exact) mass is 286 g/mol. The van der Waals surface area contributed by atoms with Crippen LogP contribution in [-0.4, -0.2) is 14.9 Å². The fourth-order valence-electron chi connectivity index (χ4n) is 2.11. The van der Waals surface area contributed by atoms with Gasteiger partial charge in [-0.3, -0.25) is 0 Å². The molecule has 106 valence electrons. The largest absolute Gasteiger partial charge is 0.382 e. The number of nitrogens with zero attached hydrogens (tertiary/aromatic N) is 2. The lowest BCUT2D eigenvalue weighted by molar-refractivity contribution is 0.213. The van der Waals surface area contributed by atoms with Gasteiger partial charge in [-0.25, -0.2) is 13.5 Å². The fourth-order valence-corrected chi connectivity index (χ4v) is 2.11. The van der Waals surface area contributed by atoms with Gasteiger partial charge in [0.15, 0.2) is 0 Å². The van der Waals surface area contributed by atoms with Crippen LogP contribution in [0.5, 0.6) is 0 Å². The summed E-state index contributed by atoms with van der Waals surface area (Å²) in [6.07, 6.45) is 0.504. The van der Waals surface area contributed by atoms with Gasteiger partial charge in [0.25, 0.3) is 0 Å². The van der Waals surface area contributed by atoms with Crippen LogP contribution in [0.25, 0.3) is 5.69 Å². The Morgan fingerprint density at radius 1 is 0.952 bits per heavy atom. The zero-order valence-corrected chi connectivity index (χ0v) is 10.9. The maximum Gasteiger partial charge on any atom is 0.126 e. The second-order valence-corrected chi connectivity index (χ2v) is 4.63. The Balaban J connectivity index is 1.92. The van der Waals surface area contributed by atoms with Gasteiger partial charge in [0.2, 0.25) is 0 Å². The number of para-hydroxylation sites is 1. The molecule has 3 nitrogen and oxygen atoms in total. The molecule has 1 atom stereocenters. The summed E-state index contributed by atoms with van der Waals surface area (Å²) in [5.41, 5.74) is 1.29. The Morgan fingerprint density at radius 2 is 1.62 bits per heavy atom. The first-order chi connectivity index (χ1) is 10.1. The van der Waals surface area contributed by atoms with Crippen LogP contribution >= 0.6 is 0 Å². The number of benzene rings is 2. The molecule has 1 unspecified atom stereocenters. The molecule has 0 saturated carbocycles. The Hall–Kier alpha value is -2.53. The van der Waals surface area contributed by atoms with E-state index in [9.17, 15) is 13.9 Å². The molecule has 3 rings (SSSR count). The normalized spacial score (nSPS) is 12.3. The lowest BCUT2D eigenvalue weighted by atomic mass is 10.1. The van der Waals surface area contributed by atoms with E-state index >= 15 is 0 Å². The third-order valence-electron chi connectivity index (χ3n) is 3.11. The van der Waals surface area contributed by atoms with Gasteiger partial charge in [0.1, 0.15) is 17.7 Å². The summed E-state index contributed by atoms with van der Waals surface area (Å²) in [7, 11) is 0. The van der Waals surface area contributed by atoms with E-state index in [2.05, 4.69) is 5.10 Å². The van der Waals surface area contributed by atoms with Gasteiger partial charge < -0.3 is 5.11 Å². The molecule has 0 spiro atoms. The first-order valence-electron chi connectivity index (χ1n) is 6.38. The number of aromatic nitrogens is 2. The van der Waals surface area contributed by atoms with E-state index in [0.29, 0.717) is 5.69 Å². The number of aliphatic hydroxyl groups excluding tert-OH is 1. The lowest BCUT2D eigenvalue weighted by Crippen LogP contribution is -2.03. The molecule has 5 heteroatoms. The summed E-state index contributed by atoms with van der Waals surface area (Å²) < 4.78 is 28.0. The van der Waals surface area contributed by atoms with E-state index in [0.717, 1.165) is 23.9 Å². The first kappa shape index (κ1) is 13.5. The minimum absolute atomic E-state index is 0.130. The zero-order chi connectivity index (χ0) is 14.8. The van der Waals surface area contributed by atoms with Crippen molar-refractivity contribution >= 4 is 0 Å². The molecule has 0 aliphatic heterocycles. The van der Waals surface area contributed by atoms with Crippen LogP contribution in [0, 0.1) is 11.6 Å². The third-order valence-corrected chi connectivity index (χ3v) is 3.11. The van der Waals surface area contributed by atoms with Crippen LogP contribution in [0.4, 0.5) is 8.78 Å². The van der Waals surface area contributed by atoms with Crippen molar-refractivity contribution in [2.24, 2.45) is 0 Å². The molecule has 21 heavy (non-hydrogen) atoms. The molecule has 1 heterocycles. The van der Waals surface area contributed by atoms with E-state index in [-0.39, 0.29) is 5.56 Å². The van der Waals surface area contributed by atoms with Crippen molar-refractivity contribution < 1.29 is 13.9 Å². The average Bonchev–Trinajstić information content (AvgIpc) is 2.96. The summed E-state index contributed by atoms with van der Waals surface area (Å²) in [5.74, 6) is -1.46. The van der Waals surface area contributed by atoms with Crippen molar-refractivity contribution in [1.29, 1.82) is 0 Å². The van der Waals surface area contributed by atoms with Crippen LogP contribution in [0.1, 0.15) is 17.4 Å². The lowest BCUT2D eigenvalue weighted by Gasteiger charge is -2.08. The highest BCUT2D eigenvalue weighted by atomic mass is 19.1. The summed E-state index contributed by atoms with van der Waals surface area (Å²) in [6, 6.07) is 13.9. The molecule has 2 aromatic carbocycles. The molecule has 0 aliphatic rings. The van der Waals surface area contributed by atoms with Crippen LogP contribution in [0.3, 0.4) is 0 Å². The molecule has 1 N–H and O–H groups in total. The number of aliphatic hydroxyl groups is 1. The van der Waals surface area contributed by atoms with Gasteiger partial charge in [-0.2, -0.15) is 5.10 Å². The number of halogens is 2. The maximum atomic E-state index is 13.2.